The van der Waals surface area contributed by atoms with Crippen LogP contribution in [-0.2, 0) is 9.84 Å². The molecular weight excluding hydrogens is 256 g/mol. The Kier molecular flexibility index (Phi) is 5.08. The third kappa shape index (κ3) is 4.80. The molecule has 8 nitrogen and oxygen atoms in total. The van der Waals surface area contributed by atoms with Crippen molar-refractivity contribution in [3.63, 3.8) is 0 Å². The van der Waals surface area contributed by atoms with Gasteiger partial charge in [-0.1, -0.05) is 0 Å². The molecule has 0 spiro atoms. The molecule has 0 aromatic carbocycles. The predicted molar refractivity (Wildman–Crippen MR) is 65.0 cm³/mol. The molecule has 96 valence electrons. The lowest BCUT2D eigenvalue weighted by atomic mass is 10.7. The van der Waals surface area contributed by atoms with Crippen LogP contribution >= 0.6 is 0 Å². The summed E-state index contributed by atoms with van der Waals surface area (Å²) in [4.78, 5) is 14.6. The highest BCUT2D eigenvalue weighted by Crippen LogP contribution is 1.96. The van der Waals surface area contributed by atoms with Crippen LogP contribution in [0.1, 0.15) is 0 Å². The van der Waals surface area contributed by atoms with Crippen LogP contribution in [0.5, 0.6) is 0 Å². The Hall–Kier alpha value is -2.13. The van der Waals surface area contributed by atoms with Gasteiger partial charge in [-0.15, -0.1) is 0 Å². The van der Waals surface area contributed by atoms with Crippen LogP contribution in [-0.4, -0.2) is 34.6 Å². The molecule has 9 heteroatoms. The summed E-state index contributed by atoms with van der Waals surface area (Å²) in [5, 5.41) is -0.130. The number of hydrazine groups is 1. The molecule has 18 heavy (non-hydrogen) atoms. The van der Waals surface area contributed by atoms with E-state index in [1.165, 1.54) is 12.4 Å². The zero-order valence-electron chi connectivity index (χ0n) is 9.56. The molecule has 0 unspecified atom stereocenters. The molecule has 0 radical (unpaired) electrons. The highest BCUT2D eigenvalue weighted by atomic mass is 32.2. The smallest absolute Gasteiger partial charge is 0.246 e. The molecule has 2 heterocycles. The molecule has 0 aliphatic rings. The second kappa shape index (κ2) is 6.57. The van der Waals surface area contributed by atoms with Crippen molar-refractivity contribution in [2.45, 2.75) is 5.16 Å². The molecule has 2 rings (SSSR count). The number of nitrogens with one attached hydrogen (secondary N) is 1. The second-order valence-corrected chi connectivity index (χ2v) is 4.93. The molecule has 0 aliphatic carbocycles. The van der Waals surface area contributed by atoms with E-state index in [0.29, 0.717) is 5.95 Å². The quantitative estimate of drug-likeness (QED) is 0.430. The number of sulfone groups is 1. The van der Waals surface area contributed by atoms with Crippen LogP contribution in [0.4, 0.5) is 5.95 Å². The standard InChI is InChI=1S/C5H6N2O2S.C4H6N4/c1-10(8,9)5-6-3-2-4-7-5;5-8-4-6-2-1-3-7-4/h2-4H,1H3;1-3H,5H2,(H,6,7,8). The number of aromatic nitrogens is 4. The van der Waals surface area contributed by atoms with Crippen LogP contribution in [0.2, 0.25) is 0 Å². The molecule has 3 N–H and O–H groups in total. The summed E-state index contributed by atoms with van der Waals surface area (Å²) in [7, 11) is -3.23. The highest BCUT2D eigenvalue weighted by molar-refractivity contribution is 7.90. The maximum absolute atomic E-state index is 10.7. The van der Waals surface area contributed by atoms with E-state index in [9.17, 15) is 8.42 Å². The van der Waals surface area contributed by atoms with E-state index in [-0.39, 0.29) is 5.16 Å². The number of nitrogen functional groups attached to an aromatic ring is 1. The van der Waals surface area contributed by atoms with E-state index in [2.05, 4.69) is 25.4 Å². The average molecular weight is 268 g/mol. The molecule has 0 amide bonds. The zero-order valence-corrected chi connectivity index (χ0v) is 10.4. The van der Waals surface area contributed by atoms with E-state index in [1.54, 1.807) is 24.5 Å². The van der Waals surface area contributed by atoms with E-state index < -0.39 is 9.84 Å². The maximum atomic E-state index is 10.7. The number of hydrogen-bond donors (Lipinski definition) is 2. The van der Waals surface area contributed by atoms with E-state index >= 15 is 0 Å². The van der Waals surface area contributed by atoms with Gasteiger partial charge >= 0.3 is 0 Å². The van der Waals surface area contributed by atoms with Crippen molar-refractivity contribution in [3.05, 3.63) is 36.9 Å². The normalized spacial score (nSPS) is 10.1. The first-order valence-corrected chi connectivity index (χ1v) is 6.64. The Morgan fingerprint density at radius 3 is 1.72 bits per heavy atom. The van der Waals surface area contributed by atoms with Crippen molar-refractivity contribution in [1.82, 2.24) is 19.9 Å². The Balaban J connectivity index is 0.000000184. The van der Waals surface area contributed by atoms with Crippen LogP contribution in [0.15, 0.2) is 42.1 Å². The Labute approximate surface area is 104 Å². The molecule has 0 fully saturated rings. The van der Waals surface area contributed by atoms with Crippen LogP contribution in [0.25, 0.3) is 0 Å². The van der Waals surface area contributed by atoms with E-state index in [0.717, 1.165) is 6.26 Å². The van der Waals surface area contributed by atoms with Gasteiger partial charge in [-0.05, 0) is 12.1 Å². The largest absolute Gasteiger partial charge is 0.292 e. The first-order valence-electron chi connectivity index (χ1n) is 4.74. The van der Waals surface area contributed by atoms with Gasteiger partial charge in [-0.3, -0.25) is 5.43 Å². The van der Waals surface area contributed by atoms with Crippen molar-refractivity contribution in [2.24, 2.45) is 5.84 Å². The molecule has 2 aromatic rings. The predicted octanol–water partition coefficient (Wildman–Crippen LogP) is -0.358. The summed E-state index contributed by atoms with van der Waals surface area (Å²) in [5.74, 6) is 5.41. The molecule has 0 saturated carbocycles. The fourth-order valence-electron chi connectivity index (χ4n) is 0.851. The second-order valence-electron chi connectivity index (χ2n) is 3.02. The van der Waals surface area contributed by atoms with Crippen molar-refractivity contribution >= 4 is 15.8 Å². The van der Waals surface area contributed by atoms with Crippen LogP contribution in [0.3, 0.4) is 0 Å². The summed E-state index contributed by atoms with van der Waals surface area (Å²) < 4.78 is 21.4. The van der Waals surface area contributed by atoms with Gasteiger partial charge in [0.1, 0.15) is 0 Å². The topological polar surface area (TPSA) is 124 Å². The van der Waals surface area contributed by atoms with Crippen molar-refractivity contribution < 1.29 is 8.42 Å². The van der Waals surface area contributed by atoms with Gasteiger partial charge in [-0.2, -0.15) is 0 Å². The average Bonchev–Trinajstić information content (AvgIpc) is 2.40. The Morgan fingerprint density at radius 2 is 1.44 bits per heavy atom. The van der Waals surface area contributed by atoms with E-state index in [1.807, 2.05) is 0 Å². The number of anilines is 1. The lowest BCUT2D eigenvalue weighted by molar-refractivity contribution is 0.593. The van der Waals surface area contributed by atoms with Gasteiger partial charge in [0.15, 0.2) is 0 Å². The van der Waals surface area contributed by atoms with Gasteiger partial charge in [0.05, 0.1) is 0 Å². The number of hydrogen-bond acceptors (Lipinski definition) is 8. The lowest BCUT2D eigenvalue weighted by Crippen LogP contribution is -2.09. The minimum atomic E-state index is -3.23. The summed E-state index contributed by atoms with van der Waals surface area (Å²) in [5.41, 5.74) is 2.30. The molecular formula is C9H12N6O2S. The Bertz CT molecular complexity index is 560. The summed E-state index contributed by atoms with van der Waals surface area (Å²) in [6.45, 7) is 0. The summed E-state index contributed by atoms with van der Waals surface area (Å²) in [6, 6.07) is 3.29. The van der Waals surface area contributed by atoms with Crippen LogP contribution < -0.4 is 11.3 Å². The van der Waals surface area contributed by atoms with Gasteiger partial charge in [0.25, 0.3) is 0 Å². The lowest BCUT2D eigenvalue weighted by Gasteiger charge is -1.91. The highest BCUT2D eigenvalue weighted by Gasteiger charge is 2.07. The van der Waals surface area contributed by atoms with Gasteiger partial charge in [-0.25, -0.2) is 34.2 Å². The van der Waals surface area contributed by atoms with Gasteiger partial charge in [0.2, 0.25) is 20.9 Å². The van der Waals surface area contributed by atoms with Gasteiger partial charge < -0.3 is 0 Å². The third-order valence-electron chi connectivity index (χ3n) is 1.57. The van der Waals surface area contributed by atoms with Crippen molar-refractivity contribution in [1.29, 1.82) is 0 Å². The van der Waals surface area contributed by atoms with Gasteiger partial charge in [0, 0.05) is 31.0 Å². The minimum absolute atomic E-state index is 0.130. The first kappa shape index (κ1) is 13.9. The minimum Gasteiger partial charge on any atom is -0.292 e. The summed E-state index contributed by atoms with van der Waals surface area (Å²) >= 11 is 0. The molecule has 0 bridgehead atoms. The molecule has 0 atom stereocenters. The molecule has 2 aromatic heterocycles. The third-order valence-corrected chi connectivity index (χ3v) is 2.44. The molecule has 0 saturated heterocycles. The van der Waals surface area contributed by atoms with E-state index in [4.69, 9.17) is 5.84 Å². The number of nitrogens with two attached hydrogens (primary N) is 1. The fraction of sp³-hybridized carbons (Fsp3) is 0.111. The Morgan fingerprint density at radius 1 is 1.00 bits per heavy atom. The monoisotopic (exact) mass is 268 g/mol. The molecule has 0 aliphatic heterocycles. The fourth-order valence-corrected chi connectivity index (χ4v) is 1.36. The number of nitrogens with zero attached hydrogens (tertiary/aromatic N) is 4. The summed E-state index contributed by atoms with van der Waals surface area (Å²) in [6.07, 6.45) is 7.08. The van der Waals surface area contributed by atoms with Crippen molar-refractivity contribution in [2.75, 3.05) is 11.7 Å². The maximum Gasteiger partial charge on any atom is 0.246 e. The number of rotatable bonds is 2. The first-order chi connectivity index (χ1) is 8.54. The SMILES string of the molecule is CS(=O)(=O)c1ncccn1.NNc1ncccn1. The zero-order chi connectivity index (χ0) is 13.4. The van der Waals surface area contributed by atoms with Crippen molar-refractivity contribution in [3.8, 4) is 0 Å². The van der Waals surface area contributed by atoms with Crippen LogP contribution in [0, 0.1) is 0 Å².